The van der Waals surface area contributed by atoms with Gasteiger partial charge in [0.2, 0.25) is 5.91 Å². The van der Waals surface area contributed by atoms with Crippen molar-refractivity contribution in [3.05, 3.63) is 66.2 Å². The Kier molecular flexibility index (Phi) is 7.50. The Labute approximate surface area is 173 Å². The summed E-state index contributed by atoms with van der Waals surface area (Å²) in [6, 6.07) is 20.7. The number of piperazine rings is 1. The maximum Gasteiger partial charge on any atom is 0.242 e. The Morgan fingerprint density at radius 2 is 1.59 bits per heavy atom. The Morgan fingerprint density at radius 1 is 0.966 bits per heavy atom. The van der Waals surface area contributed by atoms with Gasteiger partial charge in [0, 0.05) is 45.5 Å². The van der Waals surface area contributed by atoms with E-state index in [1.54, 1.807) is 7.05 Å². The van der Waals surface area contributed by atoms with E-state index in [1.807, 2.05) is 29.2 Å². The van der Waals surface area contributed by atoms with E-state index in [1.165, 1.54) is 11.3 Å². The Bertz CT molecular complexity index is 785. The fraction of sp³-hybridized carbons (Fsp3) is 0.391. The van der Waals surface area contributed by atoms with E-state index in [-0.39, 0.29) is 12.5 Å². The summed E-state index contributed by atoms with van der Waals surface area (Å²) in [5.41, 5.74) is 2.50. The minimum atomic E-state index is 0.108. The molecular formula is C23H31N5O. The van der Waals surface area contributed by atoms with Gasteiger partial charge in [0.05, 0.1) is 6.54 Å². The van der Waals surface area contributed by atoms with Crippen LogP contribution < -0.4 is 15.5 Å². The molecule has 1 unspecified atom stereocenters. The predicted octanol–water partition coefficient (Wildman–Crippen LogP) is 2.30. The first-order valence-electron chi connectivity index (χ1n) is 10.2. The monoisotopic (exact) mass is 393 g/mol. The second-order valence-electron chi connectivity index (χ2n) is 7.32. The van der Waals surface area contributed by atoms with Gasteiger partial charge in [0.25, 0.3) is 0 Å². The zero-order valence-corrected chi connectivity index (χ0v) is 17.3. The molecule has 1 heterocycles. The van der Waals surface area contributed by atoms with E-state index in [0.717, 1.165) is 32.7 Å². The molecule has 1 aliphatic rings. The zero-order chi connectivity index (χ0) is 20.5. The molecule has 29 heavy (non-hydrogen) atoms. The molecule has 2 aromatic rings. The minimum absolute atomic E-state index is 0.108. The molecule has 1 atom stereocenters. The van der Waals surface area contributed by atoms with Crippen LogP contribution in [0.2, 0.25) is 0 Å². The highest BCUT2D eigenvalue weighted by Gasteiger charge is 2.21. The van der Waals surface area contributed by atoms with Gasteiger partial charge in [-0.1, -0.05) is 55.5 Å². The van der Waals surface area contributed by atoms with Crippen LogP contribution in [0, 0.1) is 0 Å². The molecule has 3 rings (SSSR count). The number of para-hydroxylation sites is 1. The van der Waals surface area contributed by atoms with Gasteiger partial charge in [-0.25, -0.2) is 0 Å². The van der Waals surface area contributed by atoms with Gasteiger partial charge in [-0.05, 0) is 23.6 Å². The van der Waals surface area contributed by atoms with Crippen molar-refractivity contribution in [2.75, 3.05) is 51.2 Å². The van der Waals surface area contributed by atoms with Gasteiger partial charge in [0.15, 0.2) is 5.96 Å². The molecule has 0 saturated carbocycles. The number of guanidine groups is 1. The Hall–Kier alpha value is -3.02. The molecule has 1 aliphatic heterocycles. The molecule has 1 amide bonds. The van der Waals surface area contributed by atoms with Crippen molar-refractivity contribution in [3.8, 4) is 0 Å². The van der Waals surface area contributed by atoms with E-state index in [9.17, 15) is 4.79 Å². The van der Waals surface area contributed by atoms with Crippen molar-refractivity contribution in [1.29, 1.82) is 0 Å². The number of rotatable bonds is 6. The summed E-state index contributed by atoms with van der Waals surface area (Å²) in [5, 5.41) is 6.46. The summed E-state index contributed by atoms with van der Waals surface area (Å²) in [5.74, 6) is 1.12. The summed E-state index contributed by atoms with van der Waals surface area (Å²) in [4.78, 5) is 21.1. The maximum atomic E-state index is 12.6. The average Bonchev–Trinajstić information content (AvgIpc) is 2.80. The minimum Gasteiger partial charge on any atom is -0.368 e. The number of nitrogens with zero attached hydrogens (tertiary/aromatic N) is 3. The average molecular weight is 394 g/mol. The first-order valence-corrected chi connectivity index (χ1v) is 10.2. The van der Waals surface area contributed by atoms with E-state index in [2.05, 4.69) is 63.8 Å². The van der Waals surface area contributed by atoms with Crippen LogP contribution in [0.15, 0.2) is 65.7 Å². The van der Waals surface area contributed by atoms with Crippen LogP contribution in [0.1, 0.15) is 18.4 Å². The molecule has 2 N–H and O–H groups in total. The fourth-order valence-corrected chi connectivity index (χ4v) is 3.49. The zero-order valence-electron chi connectivity index (χ0n) is 17.3. The predicted molar refractivity (Wildman–Crippen MR) is 119 cm³/mol. The topological polar surface area (TPSA) is 60.0 Å². The van der Waals surface area contributed by atoms with Crippen molar-refractivity contribution >= 4 is 17.6 Å². The van der Waals surface area contributed by atoms with Gasteiger partial charge in [-0.2, -0.15) is 0 Å². The quantitative estimate of drug-likeness (QED) is 0.584. The third-order valence-corrected chi connectivity index (χ3v) is 5.33. The normalized spacial score (nSPS) is 15.7. The second kappa shape index (κ2) is 10.5. The van der Waals surface area contributed by atoms with Gasteiger partial charge in [0.1, 0.15) is 0 Å². The fourth-order valence-electron chi connectivity index (χ4n) is 3.49. The molecule has 6 heteroatoms. The lowest BCUT2D eigenvalue weighted by Gasteiger charge is -2.36. The van der Waals surface area contributed by atoms with Crippen LogP contribution in [0.25, 0.3) is 0 Å². The first-order chi connectivity index (χ1) is 14.2. The summed E-state index contributed by atoms with van der Waals surface area (Å²) < 4.78 is 0. The van der Waals surface area contributed by atoms with Gasteiger partial charge in [-0.3, -0.25) is 9.79 Å². The molecule has 0 bridgehead atoms. The lowest BCUT2D eigenvalue weighted by atomic mass is 10.0. The van der Waals surface area contributed by atoms with Gasteiger partial charge >= 0.3 is 0 Å². The summed E-state index contributed by atoms with van der Waals surface area (Å²) in [6.45, 7) is 6.39. The SMILES string of the molecule is CN=C(NCC(=O)N1CCN(c2ccccc2)CC1)NCC(C)c1ccccc1. The van der Waals surface area contributed by atoms with E-state index < -0.39 is 0 Å². The number of hydrogen-bond acceptors (Lipinski definition) is 3. The number of anilines is 1. The second-order valence-corrected chi connectivity index (χ2v) is 7.32. The standard InChI is InChI=1S/C23H31N5O/c1-19(20-9-5-3-6-10-20)17-25-23(24-2)26-18-22(29)28-15-13-27(14-16-28)21-11-7-4-8-12-21/h3-12,19H,13-18H2,1-2H3,(H2,24,25,26). The molecule has 2 aromatic carbocycles. The molecule has 1 fully saturated rings. The molecule has 0 aromatic heterocycles. The van der Waals surface area contributed by atoms with Crippen LogP contribution in [0.3, 0.4) is 0 Å². The number of benzene rings is 2. The number of carbonyl (C=O) groups is 1. The van der Waals surface area contributed by atoms with Crippen molar-refractivity contribution in [2.24, 2.45) is 4.99 Å². The number of aliphatic imine (C=N–C) groups is 1. The van der Waals surface area contributed by atoms with E-state index in [0.29, 0.717) is 11.9 Å². The lowest BCUT2D eigenvalue weighted by Crippen LogP contribution is -2.52. The number of amides is 1. The van der Waals surface area contributed by atoms with Gasteiger partial charge < -0.3 is 20.4 Å². The summed E-state index contributed by atoms with van der Waals surface area (Å²) in [7, 11) is 1.73. The highest BCUT2D eigenvalue weighted by atomic mass is 16.2. The van der Waals surface area contributed by atoms with Gasteiger partial charge in [-0.15, -0.1) is 0 Å². The van der Waals surface area contributed by atoms with Crippen molar-refractivity contribution in [1.82, 2.24) is 15.5 Å². The van der Waals surface area contributed by atoms with Crippen LogP contribution in [-0.2, 0) is 4.79 Å². The molecular weight excluding hydrogens is 362 g/mol. The van der Waals surface area contributed by atoms with Crippen LogP contribution in [0.5, 0.6) is 0 Å². The molecule has 0 aliphatic carbocycles. The maximum absolute atomic E-state index is 12.6. The van der Waals surface area contributed by atoms with Crippen LogP contribution >= 0.6 is 0 Å². The molecule has 0 spiro atoms. The third-order valence-electron chi connectivity index (χ3n) is 5.33. The molecule has 1 saturated heterocycles. The van der Waals surface area contributed by atoms with Crippen LogP contribution in [0.4, 0.5) is 5.69 Å². The lowest BCUT2D eigenvalue weighted by molar-refractivity contribution is -0.130. The molecule has 154 valence electrons. The first kappa shape index (κ1) is 20.7. The molecule has 6 nitrogen and oxygen atoms in total. The Balaban J connectivity index is 1.40. The summed E-state index contributed by atoms with van der Waals surface area (Å²) in [6.07, 6.45) is 0. The number of nitrogens with one attached hydrogen (secondary N) is 2. The highest BCUT2D eigenvalue weighted by molar-refractivity contribution is 5.86. The highest BCUT2D eigenvalue weighted by Crippen LogP contribution is 2.15. The van der Waals surface area contributed by atoms with Crippen molar-refractivity contribution < 1.29 is 4.79 Å². The van der Waals surface area contributed by atoms with E-state index >= 15 is 0 Å². The Morgan fingerprint density at radius 3 is 2.21 bits per heavy atom. The van der Waals surface area contributed by atoms with Crippen LogP contribution in [-0.4, -0.2) is 63.1 Å². The number of carbonyl (C=O) groups excluding carboxylic acids is 1. The van der Waals surface area contributed by atoms with E-state index in [4.69, 9.17) is 0 Å². The number of hydrogen-bond donors (Lipinski definition) is 2. The van der Waals surface area contributed by atoms with Crippen molar-refractivity contribution in [2.45, 2.75) is 12.8 Å². The third kappa shape index (κ3) is 5.98. The smallest absolute Gasteiger partial charge is 0.242 e. The molecule has 0 radical (unpaired) electrons. The largest absolute Gasteiger partial charge is 0.368 e. The summed E-state index contributed by atoms with van der Waals surface area (Å²) >= 11 is 0. The van der Waals surface area contributed by atoms with Crippen molar-refractivity contribution in [3.63, 3.8) is 0 Å².